The molecule has 5 rings (SSSR count). The molecule has 2 aromatic rings. The highest BCUT2D eigenvalue weighted by Gasteiger charge is 2.49. The normalized spacial score (nSPS) is 27.4. The molecule has 3 fully saturated rings. The number of phenols is 2. The lowest BCUT2D eigenvalue weighted by Crippen LogP contribution is -2.61. The van der Waals surface area contributed by atoms with E-state index in [-0.39, 0.29) is 29.9 Å². The third-order valence-corrected chi connectivity index (χ3v) is 17.2. The maximum Gasteiger partial charge on any atom is 0.248 e. The lowest BCUT2D eigenvalue weighted by molar-refractivity contribution is -0.149. The van der Waals surface area contributed by atoms with E-state index in [0.29, 0.717) is 35.1 Å². The van der Waals surface area contributed by atoms with E-state index < -0.39 is 170 Å². The van der Waals surface area contributed by atoms with Gasteiger partial charge in [-0.3, -0.25) is 38.4 Å². The summed E-state index contributed by atoms with van der Waals surface area (Å²) in [6, 6.07) is -0.245. The Balaban J connectivity index is 1.56. The van der Waals surface area contributed by atoms with Crippen molar-refractivity contribution in [1.29, 1.82) is 0 Å². The van der Waals surface area contributed by atoms with Crippen LogP contribution in [-0.2, 0) is 38.4 Å². The van der Waals surface area contributed by atoms with Gasteiger partial charge in [0.2, 0.25) is 41.4 Å². The molecule has 24 nitrogen and oxygen atoms in total. The minimum atomic E-state index is -2.25. The summed E-state index contributed by atoms with van der Waals surface area (Å²) in [6.45, 7) is 8.50. The molecular weight excluding hydrogens is 1100 g/mol. The van der Waals surface area contributed by atoms with Crippen LogP contribution in [0.4, 0.5) is 0 Å². The number of nitrogens with one attached hydrogen (secondary N) is 4. The van der Waals surface area contributed by atoms with Crippen molar-refractivity contribution in [3.8, 4) is 11.5 Å². The fourth-order valence-corrected chi connectivity index (χ4v) is 12.1. The number of primary amides is 1. The van der Waals surface area contributed by atoms with Crippen molar-refractivity contribution in [3.05, 3.63) is 53.6 Å². The monoisotopic (exact) mass is 1190 g/mol. The number of Topliss-reactive ketones (excluding diaryl/α,β-unsaturated/α-hetero) is 1. The van der Waals surface area contributed by atoms with E-state index >= 15 is 0 Å². The number of nitrogens with zero attached hydrogens (tertiary/aromatic N) is 2. The number of ketones is 1. The second-order valence-electron chi connectivity index (χ2n) is 22.9. The molecule has 83 heavy (non-hydrogen) atoms. The Bertz CT molecular complexity index is 2540. The van der Waals surface area contributed by atoms with Crippen LogP contribution in [-0.4, -0.2) is 188 Å². The SMILES string of the molecule is CCC(C)CC(C)CCCCCCCCC(=O)N[C@H]1C[C@@H](O)[C@@H](Sc2ccc(O)c(C)c2)NC(=O)[C@@H]2[C@@H](O)CCN2C(=O)[C@H]([C@H](O)CC(N)=O)NC(=O)[C@H]([C@H](O)[C@@H](O)c2ccc(O)cc2)CC(=O)[C@@H]2C[C@@H](O)CN2C(=O)[C@H]([C@@H](C)O)NC1=O. The summed E-state index contributed by atoms with van der Waals surface area (Å²) in [6.07, 6.45) is -8.01. The van der Waals surface area contributed by atoms with Crippen molar-refractivity contribution in [3.63, 3.8) is 0 Å². The highest BCUT2D eigenvalue weighted by atomic mass is 32.2. The Morgan fingerprint density at radius 3 is 2.05 bits per heavy atom. The number of nitrogens with two attached hydrogens (primary N) is 1. The Morgan fingerprint density at radius 1 is 0.771 bits per heavy atom. The molecule has 3 aliphatic heterocycles. The molecule has 7 amide bonds. The van der Waals surface area contributed by atoms with Gasteiger partial charge in [-0.1, -0.05) is 89.6 Å². The van der Waals surface area contributed by atoms with Gasteiger partial charge >= 0.3 is 0 Å². The van der Waals surface area contributed by atoms with Crippen molar-refractivity contribution in [2.45, 2.75) is 214 Å². The maximum absolute atomic E-state index is 14.8. The zero-order chi connectivity index (χ0) is 61.4. The van der Waals surface area contributed by atoms with E-state index in [1.807, 2.05) is 0 Å². The van der Waals surface area contributed by atoms with Gasteiger partial charge in [0.15, 0.2) is 5.78 Å². The van der Waals surface area contributed by atoms with Gasteiger partial charge in [-0.05, 0) is 86.4 Å². The number of aromatic hydroxyl groups is 2. The predicted molar refractivity (Wildman–Crippen MR) is 303 cm³/mol. The Morgan fingerprint density at radius 2 is 1.41 bits per heavy atom. The molecule has 2 aromatic carbocycles. The number of unbranched alkanes of at least 4 members (excludes halogenated alkanes) is 5. The molecular formula is C58H87N7O17S. The highest BCUT2D eigenvalue weighted by molar-refractivity contribution is 8.00. The first-order chi connectivity index (χ1) is 39.2. The second-order valence-corrected chi connectivity index (χ2v) is 24.1. The molecule has 0 bridgehead atoms. The van der Waals surface area contributed by atoms with Crippen molar-refractivity contribution in [1.82, 2.24) is 31.1 Å². The Hall–Kier alpha value is -5.93. The first-order valence-electron chi connectivity index (χ1n) is 28.8. The van der Waals surface area contributed by atoms with Gasteiger partial charge in [-0.2, -0.15) is 0 Å². The van der Waals surface area contributed by atoms with Crippen LogP contribution in [0, 0.1) is 24.7 Å². The molecule has 0 spiro atoms. The maximum atomic E-state index is 14.8. The quantitative estimate of drug-likeness (QED) is 0.0716. The number of fused-ring (bicyclic) bond motifs is 2. The summed E-state index contributed by atoms with van der Waals surface area (Å²) < 4.78 is 0. The summed E-state index contributed by atoms with van der Waals surface area (Å²) in [5, 5.41) is 109. The van der Waals surface area contributed by atoms with Gasteiger partial charge in [-0.25, -0.2) is 0 Å². The van der Waals surface area contributed by atoms with Crippen LogP contribution < -0.4 is 27.0 Å². The van der Waals surface area contributed by atoms with Crippen LogP contribution in [0.5, 0.6) is 11.5 Å². The number of aliphatic hydroxyl groups is 7. The molecule has 25 heteroatoms. The molecule has 0 radical (unpaired) electrons. The van der Waals surface area contributed by atoms with E-state index in [9.17, 15) is 84.3 Å². The minimum absolute atomic E-state index is 0.0562. The Labute approximate surface area is 488 Å². The zero-order valence-corrected chi connectivity index (χ0v) is 48.8. The number of hydrogen-bond donors (Lipinski definition) is 14. The summed E-state index contributed by atoms with van der Waals surface area (Å²) in [5.74, 6) is -9.90. The van der Waals surface area contributed by atoms with E-state index in [2.05, 4.69) is 42.0 Å². The van der Waals surface area contributed by atoms with Gasteiger partial charge in [0, 0.05) is 43.7 Å². The van der Waals surface area contributed by atoms with Crippen LogP contribution >= 0.6 is 11.8 Å². The average Bonchev–Trinajstić information content (AvgIpc) is 3.62. The molecule has 3 aliphatic rings. The third kappa shape index (κ3) is 19.3. The molecule has 0 aromatic heterocycles. The number of aryl methyl sites for hydroxylation is 1. The molecule has 15 N–H and O–H groups in total. The van der Waals surface area contributed by atoms with Gasteiger partial charge in [-0.15, -0.1) is 0 Å². The molecule has 3 saturated heterocycles. The lowest BCUT2D eigenvalue weighted by atomic mass is 9.86. The fourth-order valence-electron chi connectivity index (χ4n) is 11.0. The molecule has 0 aliphatic carbocycles. The van der Waals surface area contributed by atoms with Gasteiger partial charge in [0.05, 0.1) is 55.0 Å². The summed E-state index contributed by atoms with van der Waals surface area (Å²) in [4.78, 5) is 116. The van der Waals surface area contributed by atoms with Gasteiger partial charge in [0.25, 0.3) is 0 Å². The molecule has 462 valence electrons. The van der Waals surface area contributed by atoms with Gasteiger partial charge < -0.3 is 82.8 Å². The number of rotatable bonds is 22. The van der Waals surface area contributed by atoms with E-state index in [0.717, 1.165) is 79.1 Å². The third-order valence-electron chi connectivity index (χ3n) is 16.0. The molecule has 3 heterocycles. The summed E-state index contributed by atoms with van der Waals surface area (Å²) in [7, 11) is 0. The first-order valence-corrected chi connectivity index (χ1v) is 29.7. The number of hydrogen-bond acceptors (Lipinski definition) is 18. The largest absolute Gasteiger partial charge is 0.508 e. The van der Waals surface area contributed by atoms with Crippen LogP contribution in [0.1, 0.15) is 141 Å². The van der Waals surface area contributed by atoms with Crippen LogP contribution in [0.25, 0.3) is 0 Å². The number of carbonyl (C=O) groups is 8. The second kappa shape index (κ2) is 31.8. The van der Waals surface area contributed by atoms with E-state index in [1.165, 1.54) is 36.8 Å². The summed E-state index contributed by atoms with van der Waals surface area (Å²) >= 11 is 0.818. The standard InChI is InChI=1S/C58H87N7O17S/c1-6-30(2)23-31(3)13-11-9-7-8-10-12-14-47(75)60-39-27-45(73)56(83-37-19-20-41(69)32(4)24-37)63-55(80)50-42(70)21-22-64(50)58(82)49(44(72)28-46(59)74)62-53(78)38(52(77)51(76)34-15-17-35(67)18-16-34)26-43(71)40-25-36(68)29-65(40)57(81)48(33(5)66)61-54(39)79/h15-20,24,30-31,33,36,38-40,42,44-45,48-52,56,66-70,72-73,76-77H,6-14,21-23,25-29H2,1-5H3,(H2,59,74)(H,60,75)(H,61,79)(H,62,78)(H,63,80)/t30?,31?,33-,36-,38+,39+,40+,42+,44-,45-,48+,49+,50+,51+,52+,56-/m1/s1. The topological polar surface area (TPSA) is 399 Å². The van der Waals surface area contributed by atoms with Crippen molar-refractivity contribution >= 4 is 58.9 Å². The Kier molecular flexibility index (Phi) is 26.0. The minimum Gasteiger partial charge on any atom is -0.508 e. The molecule has 0 saturated carbocycles. The van der Waals surface area contributed by atoms with Crippen LogP contribution in [0.3, 0.4) is 0 Å². The number of aliphatic hydroxyl groups excluding tert-OH is 7. The van der Waals surface area contributed by atoms with E-state index in [1.54, 1.807) is 6.92 Å². The molecule has 2 unspecified atom stereocenters. The predicted octanol–water partition coefficient (Wildman–Crippen LogP) is 0.563. The first kappa shape index (κ1) is 67.9. The number of thioether (sulfide) groups is 1. The number of carbonyl (C=O) groups excluding carboxylic acids is 8. The summed E-state index contributed by atoms with van der Waals surface area (Å²) in [5.41, 5.74) is 5.74. The number of benzene rings is 2. The average molecular weight is 1190 g/mol. The zero-order valence-electron chi connectivity index (χ0n) is 48.0. The lowest BCUT2D eigenvalue weighted by Gasteiger charge is -2.34. The van der Waals surface area contributed by atoms with Crippen molar-refractivity contribution in [2.75, 3.05) is 13.1 Å². The van der Waals surface area contributed by atoms with E-state index in [4.69, 9.17) is 5.73 Å². The number of phenolic OH excluding ortho intramolecular Hbond substituents is 2. The van der Waals surface area contributed by atoms with Crippen molar-refractivity contribution in [2.24, 2.45) is 23.5 Å². The van der Waals surface area contributed by atoms with Crippen LogP contribution in [0.15, 0.2) is 47.4 Å². The highest BCUT2D eigenvalue weighted by Crippen LogP contribution is 2.33. The van der Waals surface area contributed by atoms with Crippen molar-refractivity contribution < 1.29 is 84.3 Å². The van der Waals surface area contributed by atoms with Gasteiger partial charge in [0.1, 0.15) is 47.1 Å². The fraction of sp³-hybridized carbons (Fsp3) is 0.655. The smallest absolute Gasteiger partial charge is 0.248 e. The van der Waals surface area contributed by atoms with Crippen LogP contribution in [0.2, 0.25) is 0 Å². The molecule has 16 atom stereocenters. The number of amides is 7.